The second kappa shape index (κ2) is 3.41. The van der Waals surface area contributed by atoms with Crippen LogP contribution < -0.4 is 0 Å². The van der Waals surface area contributed by atoms with Crippen molar-refractivity contribution in [2.24, 2.45) is 0 Å². The lowest BCUT2D eigenvalue weighted by Crippen LogP contribution is -1.96. The van der Waals surface area contributed by atoms with Gasteiger partial charge in [0, 0.05) is 6.20 Å². The summed E-state index contributed by atoms with van der Waals surface area (Å²) in [5.41, 5.74) is 0.631. The Morgan fingerprint density at radius 2 is 2.24 bits per heavy atom. The van der Waals surface area contributed by atoms with Crippen LogP contribution in [0.15, 0.2) is 30.6 Å². The third-order valence-electron chi connectivity index (χ3n) is 2.25. The number of carboxylic acid groups (broad SMARTS) is 1. The Hall–Kier alpha value is -2.70. The Morgan fingerprint density at radius 1 is 1.35 bits per heavy atom. The number of H-pyrrole nitrogens is 1. The Labute approximate surface area is 94.8 Å². The van der Waals surface area contributed by atoms with Crippen LogP contribution in [0.5, 0.6) is 0 Å². The number of rotatable bonds is 2. The van der Waals surface area contributed by atoms with Gasteiger partial charge in [-0.25, -0.2) is 14.3 Å². The lowest BCUT2D eigenvalue weighted by atomic mass is 10.3. The summed E-state index contributed by atoms with van der Waals surface area (Å²) < 4.78 is 1.45. The number of carbonyl (C=O) groups is 1. The molecule has 0 saturated carbocycles. The Balaban J connectivity index is 2.10. The first kappa shape index (κ1) is 9.52. The molecule has 7 nitrogen and oxygen atoms in total. The molecule has 0 spiro atoms. The molecule has 3 aromatic rings. The zero-order valence-electron chi connectivity index (χ0n) is 8.53. The van der Waals surface area contributed by atoms with Crippen molar-refractivity contribution >= 4 is 11.7 Å². The number of fused-ring (bicyclic) bond motifs is 1. The molecule has 0 aliphatic rings. The van der Waals surface area contributed by atoms with Gasteiger partial charge in [0.1, 0.15) is 5.69 Å². The molecule has 84 valence electrons. The average Bonchev–Trinajstić information content (AvgIpc) is 2.87. The number of pyridine rings is 1. The molecule has 0 atom stereocenters. The van der Waals surface area contributed by atoms with Gasteiger partial charge in [-0.2, -0.15) is 4.98 Å². The van der Waals surface area contributed by atoms with E-state index < -0.39 is 5.97 Å². The molecule has 0 bridgehead atoms. The highest BCUT2D eigenvalue weighted by Crippen LogP contribution is 2.12. The number of hydrogen-bond donors (Lipinski definition) is 2. The highest BCUT2D eigenvalue weighted by Gasteiger charge is 2.12. The molecule has 0 aliphatic carbocycles. The number of hydrogen-bond acceptors (Lipinski definition) is 4. The zero-order valence-corrected chi connectivity index (χ0v) is 8.53. The van der Waals surface area contributed by atoms with E-state index in [1.807, 2.05) is 6.07 Å². The maximum absolute atomic E-state index is 10.7. The van der Waals surface area contributed by atoms with Crippen LogP contribution in [0.3, 0.4) is 0 Å². The summed E-state index contributed by atoms with van der Waals surface area (Å²) in [5, 5.41) is 11.7. The van der Waals surface area contributed by atoms with E-state index in [2.05, 4.69) is 20.1 Å². The molecule has 7 heteroatoms. The molecule has 0 amide bonds. The summed E-state index contributed by atoms with van der Waals surface area (Å²) in [6.45, 7) is 0. The first-order chi connectivity index (χ1) is 8.24. The predicted molar refractivity (Wildman–Crippen MR) is 57.5 cm³/mol. The molecule has 17 heavy (non-hydrogen) atoms. The van der Waals surface area contributed by atoms with Crippen LogP contribution in [0.2, 0.25) is 0 Å². The molecule has 0 radical (unpaired) electrons. The van der Waals surface area contributed by atoms with Crippen LogP contribution in [-0.4, -0.2) is 35.6 Å². The summed E-state index contributed by atoms with van der Waals surface area (Å²) in [5.74, 6) is -0.226. The SMILES string of the molecule is O=C(O)c1cn2[nH]c(-c3ccccn3)nc2n1. The number of carboxylic acids is 1. The Kier molecular flexibility index (Phi) is 1.91. The molecule has 0 aliphatic heterocycles. The fourth-order valence-corrected chi connectivity index (χ4v) is 1.49. The van der Waals surface area contributed by atoms with Crippen molar-refractivity contribution in [1.29, 1.82) is 0 Å². The van der Waals surface area contributed by atoms with Crippen LogP contribution in [0, 0.1) is 0 Å². The average molecular weight is 229 g/mol. The van der Waals surface area contributed by atoms with Gasteiger partial charge in [-0.1, -0.05) is 6.07 Å². The highest BCUT2D eigenvalue weighted by molar-refractivity contribution is 5.85. The molecule has 3 aromatic heterocycles. The lowest BCUT2D eigenvalue weighted by molar-refractivity contribution is 0.0691. The smallest absolute Gasteiger partial charge is 0.356 e. The van der Waals surface area contributed by atoms with E-state index in [9.17, 15) is 4.79 Å². The van der Waals surface area contributed by atoms with Gasteiger partial charge in [-0.15, -0.1) is 0 Å². The quantitative estimate of drug-likeness (QED) is 0.678. The van der Waals surface area contributed by atoms with Gasteiger partial charge in [0.2, 0.25) is 0 Å². The van der Waals surface area contributed by atoms with E-state index in [0.29, 0.717) is 17.3 Å². The highest BCUT2D eigenvalue weighted by atomic mass is 16.4. The van der Waals surface area contributed by atoms with Gasteiger partial charge in [-0.3, -0.25) is 10.1 Å². The van der Waals surface area contributed by atoms with E-state index in [-0.39, 0.29) is 5.69 Å². The van der Waals surface area contributed by atoms with Crippen molar-refractivity contribution in [3.05, 3.63) is 36.3 Å². The van der Waals surface area contributed by atoms with Crippen molar-refractivity contribution in [2.75, 3.05) is 0 Å². The van der Waals surface area contributed by atoms with Crippen molar-refractivity contribution in [3.63, 3.8) is 0 Å². The second-order valence-electron chi connectivity index (χ2n) is 3.39. The van der Waals surface area contributed by atoms with E-state index in [1.165, 1.54) is 10.7 Å². The third-order valence-corrected chi connectivity index (χ3v) is 2.25. The van der Waals surface area contributed by atoms with Crippen LogP contribution >= 0.6 is 0 Å². The van der Waals surface area contributed by atoms with E-state index in [4.69, 9.17) is 5.11 Å². The zero-order chi connectivity index (χ0) is 11.8. The maximum Gasteiger partial charge on any atom is 0.356 e. The fraction of sp³-hybridized carbons (Fsp3) is 0. The Bertz CT molecular complexity index is 654. The minimum atomic E-state index is -1.08. The molecule has 0 saturated heterocycles. The van der Waals surface area contributed by atoms with E-state index in [0.717, 1.165) is 0 Å². The van der Waals surface area contributed by atoms with Crippen LogP contribution in [0.1, 0.15) is 10.5 Å². The van der Waals surface area contributed by atoms with Gasteiger partial charge in [0.05, 0.1) is 6.20 Å². The van der Waals surface area contributed by atoms with Gasteiger partial charge in [0.25, 0.3) is 5.78 Å². The summed E-state index contributed by atoms with van der Waals surface area (Å²) in [6.07, 6.45) is 3.03. The van der Waals surface area contributed by atoms with Gasteiger partial charge >= 0.3 is 5.97 Å². The second-order valence-corrected chi connectivity index (χ2v) is 3.39. The van der Waals surface area contributed by atoms with Crippen molar-refractivity contribution in [1.82, 2.24) is 24.6 Å². The topological polar surface area (TPSA) is 96.2 Å². The third kappa shape index (κ3) is 1.53. The molecular weight excluding hydrogens is 222 g/mol. The Morgan fingerprint density at radius 3 is 2.88 bits per heavy atom. The summed E-state index contributed by atoms with van der Waals surface area (Å²) in [4.78, 5) is 22.8. The largest absolute Gasteiger partial charge is 0.476 e. The fourth-order valence-electron chi connectivity index (χ4n) is 1.49. The summed E-state index contributed by atoms with van der Waals surface area (Å²) in [7, 11) is 0. The number of aromatic amines is 1. The standard InChI is InChI=1S/C10H7N5O2/c16-9(17)7-5-15-10(12-7)13-8(14-15)6-3-1-2-4-11-6/h1-5H,(H,16,17)(H,12,13,14). The van der Waals surface area contributed by atoms with E-state index >= 15 is 0 Å². The van der Waals surface area contributed by atoms with Crippen LogP contribution in [0.4, 0.5) is 0 Å². The van der Waals surface area contributed by atoms with Gasteiger partial charge in [-0.05, 0) is 12.1 Å². The molecule has 0 aromatic carbocycles. The minimum Gasteiger partial charge on any atom is -0.476 e. The minimum absolute atomic E-state index is 0.0451. The van der Waals surface area contributed by atoms with Crippen molar-refractivity contribution in [3.8, 4) is 11.5 Å². The predicted octanol–water partition coefficient (Wildman–Crippen LogP) is 0.818. The van der Waals surface area contributed by atoms with Gasteiger partial charge in [0.15, 0.2) is 11.5 Å². The monoisotopic (exact) mass is 229 g/mol. The number of aromatic nitrogens is 5. The van der Waals surface area contributed by atoms with E-state index in [1.54, 1.807) is 18.3 Å². The number of nitrogens with zero attached hydrogens (tertiary/aromatic N) is 4. The lowest BCUT2D eigenvalue weighted by Gasteiger charge is -1.92. The van der Waals surface area contributed by atoms with Gasteiger partial charge < -0.3 is 5.11 Å². The molecule has 2 N–H and O–H groups in total. The van der Waals surface area contributed by atoms with Crippen LogP contribution in [0.25, 0.3) is 17.3 Å². The number of nitrogens with one attached hydrogen (secondary N) is 1. The first-order valence-electron chi connectivity index (χ1n) is 4.84. The molecule has 0 unspecified atom stereocenters. The summed E-state index contributed by atoms with van der Waals surface area (Å²) in [6, 6.07) is 5.45. The first-order valence-corrected chi connectivity index (χ1v) is 4.84. The molecular formula is C10H7N5O2. The number of aromatic carboxylic acids is 1. The number of imidazole rings is 1. The van der Waals surface area contributed by atoms with Crippen molar-refractivity contribution in [2.45, 2.75) is 0 Å². The molecule has 3 heterocycles. The van der Waals surface area contributed by atoms with Crippen molar-refractivity contribution < 1.29 is 9.90 Å². The van der Waals surface area contributed by atoms with Crippen LogP contribution in [-0.2, 0) is 0 Å². The molecule has 0 fully saturated rings. The normalized spacial score (nSPS) is 10.8. The maximum atomic E-state index is 10.7. The summed E-state index contributed by atoms with van der Waals surface area (Å²) >= 11 is 0. The molecule has 3 rings (SSSR count).